The summed E-state index contributed by atoms with van der Waals surface area (Å²) in [6.07, 6.45) is 5.61. The van der Waals surface area contributed by atoms with Gasteiger partial charge in [-0.05, 0) is 37.3 Å². The Hall–Kier alpha value is -1.49. The summed E-state index contributed by atoms with van der Waals surface area (Å²) in [4.78, 5) is 27.4. The Balaban J connectivity index is 1.38. The molecular weight excluding hydrogens is 308 g/mol. The quantitative estimate of drug-likeness (QED) is 0.843. The van der Waals surface area contributed by atoms with Crippen LogP contribution in [0.4, 0.5) is 0 Å². The molecule has 1 fully saturated rings. The molecule has 0 aromatic heterocycles. The van der Waals surface area contributed by atoms with Crippen molar-refractivity contribution in [1.29, 1.82) is 0 Å². The lowest BCUT2D eigenvalue weighted by Gasteiger charge is -2.20. The van der Waals surface area contributed by atoms with Crippen LogP contribution in [0.1, 0.15) is 37.7 Å². The molecule has 23 heavy (non-hydrogen) atoms. The van der Waals surface area contributed by atoms with Gasteiger partial charge < -0.3 is 10.2 Å². The number of fused-ring (bicyclic) bond motifs is 1. The third-order valence-electron chi connectivity index (χ3n) is 4.51. The highest BCUT2D eigenvalue weighted by Crippen LogP contribution is 2.36. The van der Waals surface area contributed by atoms with Crippen molar-refractivity contribution in [3.8, 4) is 0 Å². The van der Waals surface area contributed by atoms with E-state index in [0.717, 1.165) is 45.2 Å². The first kappa shape index (κ1) is 16.4. The minimum absolute atomic E-state index is 0.00720. The number of carbonyl (C=O) groups is 2. The molecule has 2 heterocycles. The van der Waals surface area contributed by atoms with E-state index in [4.69, 9.17) is 0 Å². The molecule has 0 saturated carbocycles. The van der Waals surface area contributed by atoms with Crippen molar-refractivity contribution < 1.29 is 9.59 Å². The summed E-state index contributed by atoms with van der Waals surface area (Å²) < 4.78 is 0. The van der Waals surface area contributed by atoms with Crippen molar-refractivity contribution in [3.05, 3.63) is 29.8 Å². The maximum atomic E-state index is 12.3. The van der Waals surface area contributed by atoms with Crippen molar-refractivity contribution in [2.24, 2.45) is 0 Å². The Bertz CT molecular complexity index is 551. The standard InChI is InChI=1S/C18H24N2O2S/c21-17-9-2-1-5-11-20(17)12-6-10-19-18(22)16-13-14-7-3-4-8-15(14)23-16/h3-4,7-8,16H,1-2,5-6,9-13H2,(H,19,22). The van der Waals surface area contributed by atoms with E-state index in [1.165, 1.54) is 10.5 Å². The van der Waals surface area contributed by atoms with Crippen LogP contribution in [0.5, 0.6) is 0 Å². The van der Waals surface area contributed by atoms with Gasteiger partial charge in [0.25, 0.3) is 0 Å². The highest BCUT2D eigenvalue weighted by atomic mass is 32.2. The number of amides is 2. The van der Waals surface area contributed by atoms with Crippen molar-refractivity contribution in [1.82, 2.24) is 10.2 Å². The first-order valence-electron chi connectivity index (χ1n) is 8.54. The average molecular weight is 332 g/mol. The molecule has 0 bridgehead atoms. The fourth-order valence-electron chi connectivity index (χ4n) is 3.20. The number of hydrogen-bond donors (Lipinski definition) is 1. The van der Waals surface area contributed by atoms with Crippen molar-refractivity contribution in [2.75, 3.05) is 19.6 Å². The van der Waals surface area contributed by atoms with Gasteiger partial charge in [-0.1, -0.05) is 24.6 Å². The van der Waals surface area contributed by atoms with Gasteiger partial charge in [0, 0.05) is 31.0 Å². The summed E-state index contributed by atoms with van der Waals surface area (Å²) in [5.74, 6) is 0.393. The molecule has 0 radical (unpaired) electrons. The number of thioether (sulfide) groups is 1. The topological polar surface area (TPSA) is 49.4 Å². The van der Waals surface area contributed by atoms with Crippen molar-refractivity contribution >= 4 is 23.6 Å². The number of likely N-dealkylation sites (tertiary alicyclic amines) is 1. The van der Waals surface area contributed by atoms with Gasteiger partial charge in [-0.2, -0.15) is 0 Å². The predicted molar refractivity (Wildman–Crippen MR) is 92.5 cm³/mol. The molecule has 124 valence electrons. The summed E-state index contributed by atoms with van der Waals surface area (Å²) in [5, 5.41) is 3.02. The maximum absolute atomic E-state index is 12.3. The molecule has 4 nitrogen and oxygen atoms in total. The Morgan fingerprint density at radius 2 is 2.13 bits per heavy atom. The molecule has 1 N–H and O–H groups in total. The van der Waals surface area contributed by atoms with E-state index in [0.29, 0.717) is 13.0 Å². The van der Waals surface area contributed by atoms with Gasteiger partial charge in [0.2, 0.25) is 11.8 Å². The predicted octanol–water partition coefficient (Wildman–Crippen LogP) is 2.61. The SMILES string of the molecule is O=C(NCCCN1CCCCCC1=O)C1Cc2ccccc2S1. The van der Waals surface area contributed by atoms with Crippen LogP contribution in [-0.4, -0.2) is 41.6 Å². The van der Waals surface area contributed by atoms with E-state index in [2.05, 4.69) is 17.4 Å². The van der Waals surface area contributed by atoms with Gasteiger partial charge in [0.15, 0.2) is 0 Å². The van der Waals surface area contributed by atoms with E-state index in [9.17, 15) is 9.59 Å². The zero-order valence-electron chi connectivity index (χ0n) is 13.4. The van der Waals surface area contributed by atoms with Crippen LogP contribution in [0.25, 0.3) is 0 Å². The van der Waals surface area contributed by atoms with Crippen molar-refractivity contribution in [2.45, 2.75) is 48.7 Å². The number of carbonyl (C=O) groups excluding carboxylic acids is 2. The largest absolute Gasteiger partial charge is 0.355 e. The van der Waals surface area contributed by atoms with Gasteiger partial charge in [-0.25, -0.2) is 0 Å². The van der Waals surface area contributed by atoms with Crippen LogP contribution in [0.3, 0.4) is 0 Å². The molecule has 2 amide bonds. The van der Waals surface area contributed by atoms with Gasteiger partial charge in [-0.15, -0.1) is 11.8 Å². The first-order chi connectivity index (χ1) is 11.2. The second-order valence-corrected chi connectivity index (χ2v) is 7.50. The highest BCUT2D eigenvalue weighted by molar-refractivity contribution is 8.01. The molecule has 1 unspecified atom stereocenters. The second-order valence-electron chi connectivity index (χ2n) is 6.25. The lowest BCUT2D eigenvalue weighted by atomic mass is 10.1. The van der Waals surface area contributed by atoms with Gasteiger partial charge in [-0.3, -0.25) is 9.59 Å². The molecule has 1 atom stereocenters. The monoisotopic (exact) mass is 332 g/mol. The summed E-state index contributed by atoms with van der Waals surface area (Å²) in [6, 6.07) is 8.22. The van der Waals surface area contributed by atoms with E-state index in [1.54, 1.807) is 11.8 Å². The Kier molecular flexibility index (Phi) is 5.60. The number of rotatable bonds is 5. The molecule has 1 aromatic rings. The normalized spacial score (nSPS) is 21.0. The van der Waals surface area contributed by atoms with Crippen LogP contribution in [0.15, 0.2) is 29.2 Å². The number of benzene rings is 1. The molecule has 0 spiro atoms. The lowest BCUT2D eigenvalue weighted by molar-refractivity contribution is -0.130. The van der Waals surface area contributed by atoms with Crippen LogP contribution in [0, 0.1) is 0 Å². The molecule has 2 aliphatic heterocycles. The number of nitrogens with one attached hydrogen (secondary N) is 1. The lowest BCUT2D eigenvalue weighted by Crippen LogP contribution is -2.36. The zero-order chi connectivity index (χ0) is 16.1. The third-order valence-corrected chi connectivity index (χ3v) is 5.83. The highest BCUT2D eigenvalue weighted by Gasteiger charge is 2.27. The molecule has 3 rings (SSSR count). The number of nitrogens with zero attached hydrogens (tertiary/aromatic N) is 1. The Morgan fingerprint density at radius 1 is 1.26 bits per heavy atom. The fourth-order valence-corrected chi connectivity index (χ4v) is 4.42. The van der Waals surface area contributed by atoms with Gasteiger partial charge in [0.1, 0.15) is 0 Å². The van der Waals surface area contributed by atoms with Crippen LogP contribution < -0.4 is 5.32 Å². The van der Waals surface area contributed by atoms with Gasteiger partial charge >= 0.3 is 0 Å². The van der Waals surface area contributed by atoms with E-state index in [1.807, 2.05) is 17.0 Å². The van der Waals surface area contributed by atoms with Crippen LogP contribution >= 0.6 is 11.8 Å². The van der Waals surface area contributed by atoms with E-state index >= 15 is 0 Å². The molecule has 2 aliphatic rings. The van der Waals surface area contributed by atoms with Crippen molar-refractivity contribution in [3.63, 3.8) is 0 Å². The first-order valence-corrected chi connectivity index (χ1v) is 9.42. The van der Waals surface area contributed by atoms with Gasteiger partial charge in [0.05, 0.1) is 5.25 Å². The summed E-state index contributed by atoms with van der Waals surface area (Å²) >= 11 is 1.66. The van der Waals surface area contributed by atoms with Crippen LogP contribution in [-0.2, 0) is 16.0 Å². The summed E-state index contributed by atoms with van der Waals surface area (Å²) in [6.45, 7) is 2.29. The number of hydrogen-bond acceptors (Lipinski definition) is 3. The Labute approximate surface area is 142 Å². The molecule has 0 aliphatic carbocycles. The fraction of sp³-hybridized carbons (Fsp3) is 0.556. The molecule has 1 aromatic carbocycles. The van der Waals surface area contributed by atoms with E-state index < -0.39 is 0 Å². The minimum atomic E-state index is -0.00720. The third kappa shape index (κ3) is 4.28. The molecular formula is C18H24N2O2S. The molecule has 1 saturated heterocycles. The van der Waals surface area contributed by atoms with Crippen LogP contribution in [0.2, 0.25) is 0 Å². The summed E-state index contributed by atoms with van der Waals surface area (Å²) in [5.41, 5.74) is 1.27. The minimum Gasteiger partial charge on any atom is -0.355 e. The second kappa shape index (κ2) is 7.86. The maximum Gasteiger partial charge on any atom is 0.233 e. The summed E-state index contributed by atoms with van der Waals surface area (Å²) in [7, 11) is 0. The van der Waals surface area contributed by atoms with E-state index in [-0.39, 0.29) is 17.1 Å². The zero-order valence-corrected chi connectivity index (χ0v) is 14.2. The molecule has 5 heteroatoms. The smallest absolute Gasteiger partial charge is 0.233 e. The average Bonchev–Trinajstić information content (AvgIpc) is 2.89. The Morgan fingerprint density at radius 3 is 3.00 bits per heavy atom.